The van der Waals surface area contributed by atoms with Crippen LogP contribution in [0.25, 0.3) is 0 Å². The molecule has 0 saturated carbocycles. The zero-order chi connectivity index (χ0) is 14.3. The highest BCUT2D eigenvalue weighted by atomic mass is 32.2. The van der Waals surface area contributed by atoms with Gasteiger partial charge in [0.25, 0.3) is 0 Å². The van der Waals surface area contributed by atoms with Crippen LogP contribution in [0.2, 0.25) is 0 Å². The van der Waals surface area contributed by atoms with Gasteiger partial charge in [-0.05, 0) is 42.2 Å². The molecule has 0 aliphatic carbocycles. The first-order chi connectivity index (χ1) is 9.12. The fourth-order valence-corrected chi connectivity index (χ4v) is 2.54. The van der Waals surface area contributed by atoms with Crippen LogP contribution >= 0.6 is 11.8 Å². The minimum absolute atomic E-state index is 0.0458. The molecule has 108 valence electrons. The summed E-state index contributed by atoms with van der Waals surface area (Å²) in [6.07, 6.45) is 2.12. The third kappa shape index (κ3) is 4.84. The molecule has 1 aromatic carbocycles. The van der Waals surface area contributed by atoms with E-state index in [0.717, 1.165) is 24.4 Å². The lowest BCUT2D eigenvalue weighted by Crippen LogP contribution is -2.22. The maximum atomic E-state index is 9.82. The van der Waals surface area contributed by atoms with E-state index in [1.807, 2.05) is 23.9 Å². The first-order valence-corrected chi connectivity index (χ1v) is 7.65. The Hall–Kier alpha value is -1.07. The Labute approximate surface area is 119 Å². The summed E-state index contributed by atoms with van der Waals surface area (Å²) in [7, 11) is 3.07. The van der Waals surface area contributed by atoms with Gasteiger partial charge in [-0.3, -0.25) is 0 Å². The molecule has 0 amide bonds. The molecule has 1 atom stereocenters. The van der Waals surface area contributed by atoms with Gasteiger partial charge in [0.1, 0.15) is 0 Å². The smallest absolute Gasteiger partial charge is 0.200 e. The Morgan fingerprint density at radius 3 is 2.32 bits per heavy atom. The molecule has 4 nitrogen and oxygen atoms in total. The second kappa shape index (κ2) is 8.17. The minimum atomic E-state index is 0.0458. The normalized spacial score (nSPS) is 12.2. The van der Waals surface area contributed by atoms with Crippen LogP contribution in [0.15, 0.2) is 12.1 Å². The highest BCUT2D eigenvalue weighted by molar-refractivity contribution is 7.98. The molecule has 0 aliphatic heterocycles. The van der Waals surface area contributed by atoms with Crippen molar-refractivity contribution in [3.63, 3.8) is 0 Å². The quantitative estimate of drug-likeness (QED) is 0.768. The lowest BCUT2D eigenvalue weighted by molar-refractivity contribution is 0.339. The van der Waals surface area contributed by atoms with E-state index in [4.69, 9.17) is 9.47 Å². The predicted molar refractivity (Wildman–Crippen MR) is 80.5 cm³/mol. The van der Waals surface area contributed by atoms with Crippen molar-refractivity contribution in [1.29, 1.82) is 0 Å². The maximum absolute atomic E-state index is 9.82. The Balaban J connectivity index is 2.63. The van der Waals surface area contributed by atoms with Crippen molar-refractivity contribution in [3.05, 3.63) is 17.7 Å². The van der Waals surface area contributed by atoms with Gasteiger partial charge < -0.3 is 19.9 Å². The average molecular weight is 285 g/mol. The van der Waals surface area contributed by atoms with E-state index < -0.39 is 0 Å². The number of aromatic hydroxyl groups is 1. The fourth-order valence-electron chi connectivity index (χ4n) is 1.86. The van der Waals surface area contributed by atoms with E-state index in [1.54, 1.807) is 0 Å². The first kappa shape index (κ1) is 16.0. The van der Waals surface area contributed by atoms with E-state index >= 15 is 0 Å². The molecule has 5 heteroatoms. The summed E-state index contributed by atoms with van der Waals surface area (Å²) in [4.78, 5) is 0. The average Bonchev–Trinajstić information content (AvgIpc) is 2.40. The SMILES string of the molecule is COc1cc(CNCC(C)CSC)cc(OC)c1O. The number of rotatable bonds is 8. The molecule has 0 bridgehead atoms. The third-order valence-corrected chi connectivity index (χ3v) is 3.72. The van der Waals surface area contributed by atoms with Gasteiger partial charge in [-0.25, -0.2) is 0 Å². The van der Waals surface area contributed by atoms with Crippen LogP contribution in [0.1, 0.15) is 12.5 Å². The zero-order valence-electron chi connectivity index (χ0n) is 12.0. The van der Waals surface area contributed by atoms with Crippen molar-refractivity contribution in [2.24, 2.45) is 5.92 Å². The molecule has 19 heavy (non-hydrogen) atoms. The molecule has 1 rings (SSSR count). The summed E-state index contributed by atoms with van der Waals surface area (Å²) in [6, 6.07) is 3.65. The van der Waals surface area contributed by atoms with Gasteiger partial charge in [0.2, 0.25) is 5.75 Å². The maximum Gasteiger partial charge on any atom is 0.200 e. The van der Waals surface area contributed by atoms with Crippen LogP contribution in [-0.2, 0) is 6.54 Å². The summed E-state index contributed by atoms with van der Waals surface area (Å²) in [5.74, 6) is 2.71. The number of methoxy groups -OCH3 is 2. The second-order valence-electron chi connectivity index (χ2n) is 4.54. The number of hydrogen-bond donors (Lipinski definition) is 2. The summed E-state index contributed by atoms with van der Waals surface area (Å²) >= 11 is 1.86. The molecule has 0 fully saturated rings. The molecular formula is C14H23NO3S. The van der Waals surface area contributed by atoms with Gasteiger partial charge in [0.15, 0.2) is 11.5 Å². The first-order valence-electron chi connectivity index (χ1n) is 6.25. The fraction of sp³-hybridized carbons (Fsp3) is 0.571. The monoisotopic (exact) mass is 285 g/mol. The van der Waals surface area contributed by atoms with Crippen molar-refractivity contribution in [2.75, 3.05) is 32.8 Å². The molecule has 0 heterocycles. The summed E-state index contributed by atoms with van der Waals surface area (Å²) in [5, 5.41) is 13.2. The van der Waals surface area contributed by atoms with E-state index in [0.29, 0.717) is 17.4 Å². The van der Waals surface area contributed by atoms with Crippen LogP contribution in [0.4, 0.5) is 0 Å². The Morgan fingerprint density at radius 2 is 1.84 bits per heavy atom. The molecule has 0 spiro atoms. The van der Waals surface area contributed by atoms with Crippen LogP contribution in [0, 0.1) is 5.92 Å². The standard InChI is InChI=1S/C14H23NO3S/c1-10(9-19-4)7-15-8-11-5-12(17-2)14(16)13(6-11)18-3/h5-6,10,15-16H,7-9H2,1-4H3. The number of phenolic OH excluding ortho intramolecular Hbond substituents is 1. The molecule has 0 aromatic heterocycles. The summed E-state index contributed by atoms with van der Waals surface area (Å²) < 4.78 is 10.3. The van der Waals surface area contributed by atoms with Crippen LogP contribution in [-0.4, -0.2) is 37.9 Å². The van der Waals surface area contributed by atoms with Crippen molar-refractivity contribution < 1.29 is 14.6 Å². The molecule has 1 aromatic rings. The van der Waals surface area contributed by atoms with Gasteiger partial charge >= 0.3 is 0 Å². The van der Waals surface area contributed by atoms with Gasteiger partial charge in [0, 0.05) is 6.54 Å². The van der Waals surface area contributed by atoms with Crippen molar-refractivity contribution in [2.45, 2.75) is 13.5 Å². The summed E-state index contributed by atoms with van der Waals surface area (Å²) in [5.41, 5.74) is 1.03. The largest absolute Gasteiger partial charge is 0.502 e. The molecular weight excluding hydrogens is 262 g/mol. The number of thioether (sulfide) groups is 1. The van der Waals surface area contributed by atoms with Crippen LogP contribution < -0.4 is 14.8 Å². The van der Waals surface area contributed by atoms with Gasteiger partial charge in [0.05, 0.1) is 14.2 Å². The molecule has 0 saturated heterocycles. The topological polar surface area (TPSA) is 50.7 Å². The predicted octanol–water partition coefficient (Wildman–Crippen LogP) is 2.50. The Kier molecular flexibility index (Phi) is 6.87. The number of benzene rings is 1. The lowest BCUT2D eigenvalue weighted by atomic mass is 10.1. The van der Waals surface area contributed by atoms with E-state index in [1.165, 1.54) is 14.2 Å². The van der Waals surface area contributed by atoms with Crippen molar-refractivity contribution in [3.8, 4) is 17.2 Å². The molecule has 0 radical (unpaired) electrons. The van der Waals surface area contributed by atoms with E-state index in [-0.39, 0.29) is 5.75 Å². The molecule has 0 aliphatic rings. The number of phenols is 1. The number of hydrogen-bond acceptors (Lipinski definition) is 5. The van der Waals surface area contributed by atoms with E-state index in [9.17, 15) is 5.11 Å². The minimum Gasteiger partial charge on any atom is -0.502 e. The zero-order valence-corrected chi connectivity index (χ0v) is 12.8. The van der Waals surface area contributed by atoms with Gasteiger partial charge in [-0.2, -0.15) is 11.8 Å². The Morgan fingerprint density at radius 1 is 1.26 bits per heavy atom. The van der Waals surface area contributed by atoms with Crippen molar-refractivity contribution in [1.82, 2.24) is 5.32 Å². The number of ether oxygens (including phenoxy) is 2. The Bertz CT molecular complexity index is 373. The van der Waals surface area contributed by atoms with Gasteiger partial charge in [-0.15, -0.1) is 0 Å². The second-order valence-corrected chi connectivity index (χ2v) is 5.45. The van der Waals surface area contributed by atoms with E-state index in [2.05, 4.69) is 18.5 Å². The number of nitrogens with one attached hydrogen (secondary N) is 1. The van der Waals surface area contributed by atoms with Crippen LogP contribution in [0.3, 0.4) is 0 Å². The summed E-state index contributed by atoms with van der Waals surface area (Å²) in [6.45, 7) is 3.92. The lowest BCUT2D eigenvalue weighted by Gasteiger charge is -2.13. The third-order valence-electron chi connectivity index (χ3n) is 2.81. The highest BCUT2D eigenvalue weighted by Crippen LogP contribution is 2.36. The molecule has 1 unspecified atom stereocenters. The highest BCUT2D eigenvalue weighted by Gasteiger charge is 2.11. The van der Waals surface area contributed by atoms with Crippen molar-refractivity contribution >= 4 is 11.8 Å². The van der Waals surface area contributed by atoms with Crippen LogP contribution in [0.5, 0.6) is 17.2 Å². The van der Waals surface area contributed by atoms with Gasteiger partial charge in [-0.1, -0.05) is 6.92 Å². The molecule has 2 N–H and O–H groups in total.